The number of rotatable bonds is 8. The highest BCUT2D eigenvalue weighted by Crippen LogP contribution is 2.25. The summed E-state index contributed by atoms with van der Waals surface area (Å²) in [6.07, 6.45) is 8.93. The molecule has 1 aromatic heterocycles. The van der Waals surface area contributed by atoms with Crippen LogP contribution in [0, 0.1) is 0 Å². The fourth-order valence-corrected chi connectivity index (χ4v) is 6.43. The van der Waals surface area contributed by atoms with Crippen LogP contribution in [0.3, 0.4) is 0 Å². The zero-order chi connectivity index (χ0) is 23.3. The highest BCUT2D eigenvalue weighted by Gasteiger charge is 2.26. The highest BCUT2D eigenvalue weighted by molar-refractivity contribution is 7.89. The number of nitrogens with zero attached hydrogens (tertiary/aromatic N) is 4. The molecule has 0 unspecified atom stereocenters. The average molecular weight is 476 g/mol. The molecule has 1 amide bonds. The van der Waals surface area contributed by atoms with E-state index in [0.29, 0.717) is 42.9 Å². The van der Waals surface area contributed by atoms with Gasteiger partial charge < -0.3 is 14.8 Å². The first kappa shape index (κ1) is 24.2. The van der Waals surface area contributed by atoms with Gasteiger partial charge in [0.2, 0.25) is 15.9 Å². The molecule has 1 N–H and O–H groups in total. The van der Waals surface area contributed by atoms with Crippen molar-refractivity contribution in [3.63, 3.8) is 0 Å². The zero-order valence-corrected chi connectivity index (χ0v) is 20.6. The molecule has 2 aliphatic heterocycles. The minimum absolute atomic E-state index is 0.0326. The van der Waals surface area contributed by atoms with E-state index in [2.05, 4.69) is 15.2 Å². The first-order chi connectivity index (χ1) is 15.9. The molecule has 182 valence electrons. The predicted molar refractivity (Wildman–Crippen MR) is 130 cm³/mol. The van der Waals surface area contributed by atoms with E-state index in [1.807, 2.05) is 17.7 Å². The molecule has 0 spiro atoms. The second-order valence-electron chi connectivity index (χ2n) is 9.31. The second kappa shape index (κ2) is 11.0. The van der Waals surface area contributed by atoms with Crippen LogP contribution in [0.15, 0.2) is 23.1 Å². The first-order valence-electron chi connectivity index (χ1n) is 12.4. The van der Waals surface area contributed by atoms with Crippen molar-refractivity contribution in [2.24, 2.45) is 7.05 Å². The number of amides is 1. The zero-order valence-electron chi connectivity index (χ0n) is 19.8. The minimum atomic E-state index is -3.49. The molecule has 2 saturated heterocycles. The van der Waals surface area contributed by atoms with Crippen LogP contribution in [0.1, 0.15) is 57.2 Å². The summed E-state index contributed by atoms with van der Waals surface area (Å²) in [6.45, 7) is 5.02. The number of imidazole rings is 1. The second-order valence-corrected chi connectivity index (χ2v) is 11.2. The number of hydrogen-bond donors (Lipinski definition) is 1. The predicted octanol–water partition coefficient (Wildman–Crippen LogP) is 2.67. The largest absolute Gasteiger partial charge is 0.355 e. The van der Waals surface area contributed by atoms with E-state index in [9.17, 15) is 13.2 Å². The normalized spacial score (nSPS) is 18.9. The fourth-order valence-electron chi connectivity index (χ4n) is 4.89. The maximum atomic E-state index is 13.0. The maximum absolute atomic E-state index is 13.0. The Morgan fingerprint density at radius 2 is 1.67 bits per heavy atom. The smallest absolute Gasteiger partial charge is 0.243 e. The van der Waals surface area contributed by atoms with Gasteiger partial charge in [-0.3, -0.25) is 4.79 Å². The van der Waals surface area contributed by atoms with E-state index in [4.69, 9.17) is 0 Å². The van der Waals surface area contributed by atoms with Crippen molar-refractivity contribution >= 4 is 27.0 Å². The van der Waals surface area contributed by atoms with E-state index >= 15 is 0 Å². The minimum Gasteiger partial charge on any atom is -0.355 e. The lowest BCUT2D eigenvalue weighted by Gasteiger charge is -2.25. The monoisotopic (exact) mass is 475 g/mol. The average Bonchev–Trinajstić information content (AvgIpc) is 2.97. The maximum Gasteiger partial charge on any atom is 0.243 e. The van der Waals surface area contributed by atoms with Crippen LogP contribution in [0.4, 0.5) is 0 Å². The summed E-state index contributed by atoms with van der Waals surface area (Å²) in [7, 11) is -1.57. The number of benzene rings is 1. The van der Waals surface area contributed by atoms with Crippen molar-refractivity contribution in [3.8, 4) is 0 Å². The molecule has 0 atom stereocenters. The summed E-state index contributed by atoms with van der Waals surface area (Å²) in [6, 6.07) is 5.17. The van der Waals surface area contributed by atoms with E-state index in [-0.39, 0.29) is 5.91 Å². The standard InChI is InChI=1S/C24H37N5O3S/c1-27-22-10-9-20(33(31,32)29-16-7-4-8-17-29)19-21(22)26-23(27)11-12-24(30)25-13-18-28-14-5-2-3-6-15-28/h9-10,19H,2-8,11-18H2,1H3,(H,25,30). The van der Waals surface area contributed by atoms with E-state index in [1.54, 1.807) is 16.4 Å². The number of likely N-dealkylation sites (tertiary alicyclic amines) is 1. The van der Waals surface area contributed by atoms with E-state index in [1.165, 1.54) is 25.7 Å². The number of carbonyl (C=O) groups excluding carboxylic acids is 1. The molecular weight excluding hydrogens is 438 g/mol. The molecule has 0 bridgehead atoms. The molecule has 33 heavy (non-hydrogen) atoms. The number of aromatic nitrogens is 2. The summed E-state index contributed by atoms with van der Waals surface area (Å²) in [5.41, 5.74) is 1.54. The van der Waals surface area contributed by atoms with Crippen LogP contribution < -0.4 is 5.32 Å². The molecular formula is C24H37N5O3S. The van der Waals surface area contributed by atoms with Crippen LogP contribution in [0.5, 0.6) is 0 Å². The molecule has 0 saturated carbocycles. The van der Waals surface area contributed by atoms with Crippen molar-refractivity contribution < 1.29 is 13.2 Å². The molecule has 9 heteroatoms. The molecule has 2 aromatic rings. The third kappa shape index (κ3) is 5.94. The van der Waals surface area contributed by atoms with Gasteiger partial charge in [0.25, 0.3) is 0 Å². The molecule has 3 heterocycles. The summed E-state index contributed by atoms with van der Waals surface area (Å²) in [5.74, 6) is 0.824. The van der Waals surface area contributed by atoms with Crippen LogP contribution in [0.25, 0.3) is 11.0 Å². The van der Waals surface area contributed by atoms with Crippen molar-refractivity contribution in [1.29, 1.82) is 0 Å². The summed E-state index contributed by atoms with van der Waals surface area (Å²) < 4.78 is 29.5. The molecule has 0 radical (unpaired) electrons. The van der Waals surface area contributed by atoms with Gasteiger partial charge in [-0.25, -0.2) is 13.4 Å². The van der Waals surface area contributed by atoms with E-state index in [0.717, 1.165) is 50.2 Å². The Bertz CT molecular complexity index is 1050. The van der Waals surface area contributed by atoms with Crippen LogP contribution in [0.2, 0.25) is 0 Å². The lowest BCUT2D eigenvalue weighted by molar-refractivity contribution is -0.121. The third-order valence-corrected chi connectivity index (χ3v) is 8.82. The lowest BCUT2D eigenvalue weighted by Crippen LogP contribution is -2.35. The number of hydrogen-bond acceptors (Lipinski definition) is 5. The fraction of sp³-hybridized carbons (Fsp3) is 0.667. The number of sulfonamides is 1. The molecule has 0 aliphatic carbocycles. The van der Waals surface area contributed by atoms with Crippen molar-refractivity contribution in [2.45, 2.75) is 62.7 Å². The van der Waals surface area contributed by atoms with Gasteiger partial charge in [-0.1, -0.05) is 19.3 Å². The quantitative estimate of drug-likeness (QED) is 0.634. The van der Waals surface area contributed by atoms with Gasteiger partial charge >= 0.3 is 0 Å². The van der Waals surface area contributed by atoms with Crippen LogP contribution >= 0.6 is 0 Å². The van der Waals surface area contributed by atoms with Crippen molar-refractivity contribution in [1.82, 2.24) is 24.1 Å². The number of fused-ring (bicyclic) bond motifs is 1. The van der Waals surface area contributed by atoms with Crippen LogP contribution in [-0.2, 0) is 28.3 Å². The number of nitrogens with one attached hydrogen (secondary N) is 1. The summed E-state index contributed by atoms with van der Waals surface area (Å²) in [5, 5.41) is 3.04. The molecule has 2 fully saturated rings. The van der Waals surface area contributed by atoms with Crippen LogP contribution in [-0.4, -0.2) is 72.3 Å². The molecule has 4 rings (SSSR count). The number of piperidine rings is 1. The Morgan fingerprint density at radius 3 is 2.39 bits per heavy atom. The first-order valence-corrected chi connectivity index (χ1v) is 13.8. The summed E-state index contributed by atoms with van der Waals surface area (Å²) in [4.78, 5) is 19.8. The molecule has 1 aromatic carbocycles. The Labute approximate surface area is 197 Å². The van der Waals surface area contributed by atoms with Gasteiger partial charge in [0.15, 0.2) is 0 Å². The van der Waals surface area contributed by atoms with Gasteiger partial charge in [0.05, 0.1) is 15.9 Å². The molecule has 2 aliphatic rings. The van der Waals surface area contributed by atoms with Gasteiger partial charge in [0.1, 0.15) is 5.82 Å². The van der Waals surface area contributed by atoms with Crippen molar-refractivity contribution in [2.75, 3.05) is 39.3 Å². The summed E-state index contributed by atoms with van der Waals surface area (Å²) >= 11 is 0. The Morgan fingerprint density at radius 1 is 1.00 bits per heavy atom. The molecule has 8 nitrogen and oxygen atoms in total. The Balaban J connectivity index is 1.34. The highest BCUT2D eigenvalue weighted by atomic mass is 32.2. The SMILES string of the molecule is Cn1c(CCC(=O)NCCN2CCCCCC2)nc2cc(S(=O)(=O)N3CCCCC3)ccc21. The third-order valence-electron chi connectivity index (χ3n) is 6.92. The Hall–Kier alpha value is -1.97. The van der Waals surface area contributed by atoms with Crippen molar-refractivity contribution in [3.05, 3.63) is 24.0 Å². The topological polar surface area (TPSA) is 87.5 Å². The van der Waals surface area contributed by atoms with Gasteiger partial charge in [-0.2, -0.15) is 4.31 Å². The lowest BCUT2D eigenvalue weighted by atomic mass is 10.2. The number of carbonyl (C=O) groups is 1. The van der Waals surface area contributed by atoms with Gasteiger partial charge in [-0.05, 0) is 57.0 Å². The van der Waals surface area contributed by atoms with E-state index < -0.39 is 10.0 Å². The number of aryl methyl sites for hydroxylation is 2. The Kier molecular flexibility index (Phi) is 8.03. The van der Waals surface area contributed by atoms with Gasteiger partial charge in [0, 0.05) is 46.1 Å². The van der Waals surface area contributed by atoms with Gasteiger partial charge in [-0.15, -0.1) is 0 Å².